The lowest BCUT2D eigenvalue weighted by Crippen LogP contribution is -2.35. The molecule has 0 spiro atoms. The van der Waals surface area contributed by atoms with Gasteiger partial charge in [0.05, 0.1) is 77.2 Å². The third-order valence-corrected chi connectivity index (χ3v) is 18.0. The molecule has 4 aromatic rings. The standard InChI is InChI=1S/C15H17O3P.C14H21O4P.C12H24NO5P.C8H11O3P.C7H15O4P.C5H11NO2.CH4/c1-19(16,17-12-14-8-4-2-5-9-14)18-13-15-10-6-3-7-11-15;1-4-17-14(15)12(2)11-19(3,16)18-10-13-8-6-5-7-9-13;1-6-17-11(14)9(3)8-19(5,16)13-10(4)12(15)18-7-2;1-12(9,10)11-7-8-5-3-2-4-6-8;1-4-11-7(8)6(2)5-12(3,9)10;1-3-8-5(7)4(2)6;/h2-11H,12-13H2,1H3;5-9,12H,4,10-11H2,1-3H3;9-10H,6-8H2,1-5H3,(H,13,16);2-6H,7H2,1H3,(H,9,10);6H,4-5H2,1-3H3,(H,9,10);4H,3,6H2,1-2H3;1H4. The van der Waals surface area contributed by atoms with Gasteiger partial charge in [-0.1, -0.05) is 150 Å². The van der Waals surface area contributed by atoms with E-state index in [4.69, 9.17) is 47.8 Å². The molecule has 0 aliphatic carbocycles. The Bertz CT molecular complexity index is 2770. The molecule has 0 bridgehead atoms. The fourth-order valence-electron chi connectivity index (χ4n) is 6.84. The Morgan fingerprint density at radius 3 is 0.989 bits per heavy atom. The van der Waals surface area contributed by atoms with Crippen LogP contribution in [-0.4, -0.2) is 137 Å². The maximum absolute atomic E-state index is 12.3. The number of benzene rings is 4. The summed E-state index contributed by atoms with van der Waals surface area (Å²) in [5, 5.41) is 2.74. The van der Waals surface area contributed by atoms with Crippen LogP contribution in [0.15, 0.2) is 121 Å². The lowest BCUT2D eigenvalue weighted by molar-refractivity contribution is -0.147. The van der Waals surface area contributed by atoms with E-state index in [0.717, 1.165) is 22.3 Å². The van der Waals surface area contributed by atoms with Crippen LogP contribution in [0.4, 0.5) is 0 Å². The second kappa shape index (κ2) is 48.8. The highest BCUT2D eigenvalue weighted by molar-refractivity contribution is 7.61. The van der Waals surface area contributed by atoms with Crippen LogP contribution in [0.1, 0.15) is 98.9 Å². The Kier molecular flexibility index (Phi) is 48.4. The summed E-state index contributed by atoms with van der Waals surface area (Å²) in [7, 11) is -15.1. The third kappa shape index (κ3) is 49.7. The van der Waals surface area contributed by atoms with Gasteiger partial charge in [0, 0.05) is 51.8 Å². The highest BCUT2D eigenvalue weighted by Crippen LogP contribution is 2.46. The Labute approximate surface area is 535 Å². The second-order valence-corrected chi connectivity index (χ2v) is 32.3. The van der Waals surface area contributed by atoms with E-state index in [1.807, 2.05) is 121 Å². The summed E-state index contributed by atoms with van der Waals surface area (Å²) in [5.41, 5.74) is 8.97. The first kappa shape index (κ1) is 89.3. The number of hydrogen-bond acceptors (Lipinski definition) is 20. The van der Waals surface area contributed by atoms with Crippen LogP contribution in [0.25, 0.3) is 0 Å². The van der Waals surface area contributed by atoms with Gasteiger partial charge in [0.25, 0.3) is 0 Å². The molecule has 9 unspecified atom stereocenters. The third-order valence-electron chi connectivity index (χ3n) is 11.0. The van der Waals surface area contributed by atoms with Crippen molar-refractivity contribution in [2.75, 3.05) is 84.8 Å². The van der Waals surface area contributed by atoms with Gasteiger partial charge in [0.1, 0.15) is 19.4 Å². The molecule has 4 aromatic carbocycles. The molecule has 4 rings (SSSR count). The van der Waals surface area contributed by atoms with E-state index in [2.05, 4.69) is 14.6 Å². The molecule has 0 saturated carbocycles. The average molecular weight is 1370 g/mol. The first-order valence-electron chi connectivity index (χ1n) is 28.9. The molecular formula is C62H103N2O21P5. The summed E-state index contributed by atoms with van der Waals surface area (Å²) in [6.07, 6.45) is 0.347. The van der Waals surface area contributed by atoms with Crippen molar-refractivity contribution in [2.24, 2.45) is 23.5 Å². The molecule has 5 N–H and O–H groups in total. The molecule has 0 amide bonds. The van der Waals surface area contributed by atoms with E-state index < -0.39 is 79.0 Å². The van der Waals surface area contributed by atoms with Gasteiger partial charge in [-0.05, 0) is 70.7 Å². The van der Waals surface area contributed by atoms with Crippen LogP contribution in [0.2, 0.25) is 0 Å². The zero-order chi connectivity index (χ0) is 68.3. The lowest BCUT2D eigenvalue weighted by Gasteiger charge is -2.21. The predicted molar refractivity (Wildman–Crippen MR) is 355 cm³/mol. The molecule has 0 aliphatic heterocycles. The minimum absolute atomic E-state index is 0. The van der Waals surface area contributed by atoms with Crippen molar-refractivity contribution in [3.05, 3.63) is 144 Å². The lowest BCUT2D eigenvalue weighted by atomic mass is 10.2. The summed E-state index contributed by atoms with van der Waals surface area (Å²) >= 11 is 0. The van der Waals surface area contributed by atoms with Gasteiger partial charge < -0.3 is 61.9 Å². The van der Waals surface area contributed by atoms with Crippen LogP contribution in [-0.2, 0) is 115 Å². The van der Waals surface area contributed by atoms with E-state index in [9.17, 15) is 46.8 Å². The monoisotopic (exact) mass is 1370 g/mol. The average Bonchev–Trinajstić information content (AvgIpc) is 3.58. The van der Waals surface area contributed by atoms with Gasteiger partial charge >= 0.3 is 45.0 Å². The number of hydrogen-bond donors (Lipinski definition) is 4. The van der Waals surface area contributed by atoms with E-state index in [1.54, 1.807) is 75.9 Å². The topological polar surface area (TPSA) is 332 Å². The van der Waals surface area contributed by atoms with Crippen LogP contribution < -0.4 is 10.8 Å². The van der Waals surface area contributed by atoms with Crippen molar-refractivity contribution in [2.45, 2.75) is 115 Å². The Morgan fingerprint density at radius 2 is 0.700 bits per heavy atom. The molecule has 512 valence electrons. The van der Waals surface area contributed by atoms with Gasteiger partial charge in [0.2, 0.25) is 7.37 Å². The summed E-state index contributed by atoms with van der Waals surface area (Å²) in [6.45, 7) is 26.4. The van der Waals surface area contributed by atoms with Gasteiger partial charge in [-0.25, -0.2) is 0 Å². The van der Waals surface area contributed by atoms with E-state index in [1.165, 1.54) is 26.7 Å². The van der Waals surface area contributed by atoms with Crippen molar-refractivity contribution in [3.8, 4) is 0 Å². The fraction of sp³-hybridized carbons (Fsp3) is 0.532. The van der Waals surface area contributed by atoms with E-state index in [-0.39, 0.29) is 57.0 Å². The van der Waals surface area contributed by atoms with Crippen LogP contribution in [0.3, 0.4) is 0 Å². The Balaban J connectivity index is -0.00000103. The molecule has 0 heterocycles. The van der Waals surface area contributed by atoms with E-state index in [0.29, 0.717) is 46.2 Å². The molecule has 0 fully saturated rings. The predicted octanol–water partition coefficient (Wildman–Crippen LogP) is 12.8. The highest BCUT2D eigenvalue weighted by Gasteiger charge is 2.29. The Morgan fingerprint density at radius 1 is 0.422 bits per heavy atom. The smallest absolute Gasteiger partial charge is 0.328 e. The first-order valence-corrected chi connectivity index (χ1v) is 39.8. The number of carbonyl (C=O) groups is 5. The maximum atomic E-state index is 12.3. The number of nitrogens with two attached hydrogens (primary N) is 1. The molecule has 0 aliphatic rings. The normalized spacial score (nSPS) is 14.9. The van der Waals surface area contributed by atoms with E-state index >= 15 is 0 Å². The number of esters is 5. The summed E-state index contributed by atoms with van der Waals surface area (Å²) < 4.78 is 103. The fourth-order valence-corrected chi connectivity index (χ4v) is 13.1. The summed E-state index contributed by atoms with van der Waals surface area (Å²) in [6, 6.07) is 36.9. The minimum Gasteiger partial charge on any atom is -0.466 e. The van der Waals surface area contributed by atoms with Crippen LogP contribution in [0, 0.1) is 17.8 Å². The van der Waals surface area contributed by atoms with Crippen LogP contribution >= 0.6 is 37.2 Å². The van der Waals surface area contributed by atoms with Crippen LogP contribution in [0.5, 0.6) is 0 Å². The van der Waals surface area contributed by atoms with Gasteiger partial charge in [-0.2, -0.15) is 0 Å². The van der Waals surface area contributed by atoms with Crippen molar-refractivity contribution < 1.29 is 98.4 Å². The number of ether oxygens (including phenoxy) is 5. The van der Waals surface area contributed by atoms with Gasteiger partial charge in [-0.15, -0.1) is 0 Å². The SMILES string of the molecule is C.CCOC(=O)C(C)CP(C)(=O)NC(C)C(=O)OCC.CCOC(=O)C(C)CP(C)(=O)O.CCOC(=O)C(C)CP(C)(=O)OCc1ccccc1.CCOC(=O)C(C)N.CP(=O)(O)OCc1ccccc1.CP(=O)(OCc1ccccc1)OCc1ccccc1. The zero-order valence-electron chi connectivity index (χ0n) is 54.4. The molecule has 0 aromatic heterocycles. The first-order chi connectivity index (χ1) is 41.5. The molecule has 0 radical (unpaired) electrons. The van der Waals surface area contributed by atoms with Gasteiger partial charge in [0.15, 0.2) is 7.37 Å². The quantitative estimate of drug-likeness (QED) is 0.0214. The molecule has 28 heteroatoms. The summed E-state index contributed by atoms with van der Waals surface area (Å²) in [5.74, 6) is -3.28. The molecule has 9 atom stereocenters. The maximum Gasteiger partial charge on any atom is 0.328 e. The molecule has 23 nitrogen and oxygen atoms in total. The molecule has 0 saturated heterocycles. The number of nitrogens with one attached hydrogen (secondary N) is 1. The van der Waals surface area contributed by atoms with Crippen molar-refractivity contribution >= 4 is 67.1 Å². The Hall–Kier alpha value is -4.94. The zero-order valence-corrected chi connectivity index (χ0v) is 58.9. The highest BCUT2D eigenvalue weighted by atomic mass is 31.2. The second-order valence-electron chi connectivity index (χ2n) is 20.4. The summed E-state index contributed by atoms with van der Waals surface area (Å²) in [4.78, 5) is 73.5. The van der Waals surface area contributed by atoms with Crippen molar-refractivity contribution in [1.29, 1.82) is 0 Å². The van der Waals surface area contributed by atoms with Gasteiger partial charge in [-0.3, -0.25) is 47.3 Å². The molecule has 90 heavy (non-hydrogen) atoms. The largest absolute Gasteiger partial charge is 0.466 e. The number of rotatable bonds is 30. The number of carbonyl (C=O) groups excluding carboxylic acids is 5. The van der Waals surface area contributed by atoms with Crippen molar-refractivity contribution in [1.82, 2.24) is 5.09 Å². The minimum atomic E-state index is -3.33. The molecular weight excluding hydrogens is 1260 g/mol. The van der Waals surface area contributed by atoms with Crippen molar-refractivity contribution in [3.63, 3.8) is 0 Å².